The number of hydrogen-bond donors (Lipinski definition) is 2. The first kappa shape index (κ1) is 15.9. The molecule has 2 rings (SSSR count). The van der Waals surface area contributed by atoms with Gasteiger partial charge in [0.2, 0.25) is 0 Å². The molecule has 0 radical (unpaired) electrons. The molecule has 0 saturated heterocycles. The van der Waals surface area contributed by atoms with E-state index in [-0.39, 0.29) is 18.1 Å². The maximum absolute atomic E-state index is 9.09. The average Bonchev–Trinajstić information content (AvgIpc) is 2.36. The number of fused-ring (bicyclic) bond motifs is 1. The first-order chi connectivity index (χ1) is 9.43. The summed E-state index contributed by atoms with van der Waals surface area (Å²) in [5.41, 5.74) is 1.07. The topological polar surface area (TPSA) is 41.5 Å². The van der Waals surface area contributed by atoms with Crippen molar-refractivity contribution in [3.8, 4) is 5.75 Å². The Morgan fingerprint density at radius 3 is 2.85 bits per heavy atom. The van der Waals surface area contributed by atoms with E-state index in [1.165, 1.54) is 0 Å². The van der Waals surface area contributed by atoms with Gasteiger partial charge in [0.25, 0.3) is 0 Å². The molecule has 1 heterocycles. The van der Waals surface area contributed by atoms with Gasteiger partial charge >= 0.3 is 0 Å². The highest BCUT2D eigenvalue weighted by molar-refractivity contribution is 6.35. The molecule has 1 aliphatic heterocycles. The molecule has 3 nitrogen and oxygen atoms in total. The first-order valence-corrected chi connectivity index (χ1v) is 7.64. The number of aliphatic hydroxyl groups excluding tert-OH is 1. The lowest BCUT2D eigenvalue weighted by molar-refractivity contribution is 0.192. The number of halogens is 2. The fourth-order valence-corrected chi connectivity index (χ4v) is 2.99. The zero-order valence-corrected chi connectivity index (χ0v) is 13.4. The van der Waals surface area contributed by atoms with Gasteiger partial charge in [-0.2, -0.15) is 0 Å². The molecule has 2 N–H and O–H groups in total. The van der Waals surface area contributed by atoms with Crippen molar-refractivity contribution in [2.24, 2.45) is 5.41 Å². The molecule has 0 spiro atoms. The minimum atomic E-state index is 0.0512. The van der Waals surface area contributed by atoms with Crippen LogP contribution in [-0.2, 0) is 0 Å². The van der Waals surface area contributed by atoms with Crippen molar-refractivity contribution in [1.82, 2.24) is 5.32 Å². The minimum Gasteiger partial charge on any atom is -0.492 e. The minimum absolute atomic E-state index is 0.0512. The van der Waals surface area contributed by atoms with Crippen molar-refractivity contribution in [1.29, 1.82) is 0 Å². The van der Waals surface area contributed by atoms with E-state index in [0.29, 0.717) is 16.7 Å². The number of rotatable bonds is 5. The molecule has 1 atom stereocenters. The number of aliphatic hydroxyl groups is 1. The Balaban J connectivity index is 2.13. The summed E-state index contributed by atoms with van der Waals surface area (Å²) in [5, 5.41) is 13.8. The van der Waals surface area contributed by atoms with Crippen molar-refractivity contribution in [2.45, 2.75) is 32.7 Å². The molecule has 0 bridgehead atoms. The van der Waals surface area contributed by atoms with Crippen molar-refractivity contribution >= 4 is 23.2 Å². The molecule has 0 amide bonds. The van der Waals surface area contributed by atoms with Crippen LogP contribution in [0.4, 0.5) is 0 Å². The molecule has 5 heteroatoms. The smallest absolute Gasteiger partial charge is 0.142 e. The largest absolute Gasteiger partial charge is 0.492 e. The number of nitrogens with one attached hydrogen (secondary N) is 1. The summed E-state index contributed by atoms with van der Waals surface area (Å²) < 4.78 is 5.65. The lowest BCUT2D eigenvalue weighted by Crippen LogP contribution is -2.35. The predicted molar refractivity (Wildman–Crippen MR) is 82.8 cm³/mol. The van der Waals surface area contributed by atoms with Crippen LogP contribution in [0, 0.1) is 5.41 Å². The van der Waals surface area contributed by atoms with Crippen LogP contribution in [0.3, 0.4) is 0 Å². The van der Waals surface area contributed by atoms with E-state index in [9.17, 15) is 0 Å². The maximum Gasteiger partial charge on any atom is 0.142 e. The number of benzene rings is 1. The van der Waals surface area contributed by atoms with Crippen LogP contribution in [0.1, 0.15) is 38.3 Å². The van der Waals surface area contributed by atoms with Crippen LogP contribution in [-0.4, -0.2) is 24.9 Å². The molecular formula is C15H21Cl2NO2. The summed E-state index contributed by atoms with van der Waals surface area (Å²) in [6, 6.07) is 3.81. The standard InChI is InChI=1S/C15H21Cl2NO2/c1-15(2,4-5-19)9-18-13-3-6-20-14-11(13)7-10(16)8-12(14)17/h7-8,13,18-19H,3-6,9H2,1-2H3. The molecule has 1 aliphatic rings. The molecule has 112 valence electrons. The average molecular weight is 318 g/mol. The molecule has 1 unspecified atom stereocenters. The zero-order chi connectivity index (χ0) is 14.8. The highest BCUT2D eigenvalue weighted by atomic mass is 35.5. The Morgan fingerprint density at radius 1 is 1.40 bits per heavy atom. The van der Waals surface area contributed by atoms with Gasteiger partial charge in [0, 0.05) is 36.2 Å². The molecule has 0 fully saturated rings. The van der Waals surface area contributed by atoms with Crippen molar-refractivity contribution < 1.29 is 9.84 Å². The van der Waals surface area contributed by atoms with Gasteiger partial charge in [-0.15, -0.1) is 0 Å². The van der Waals surface area contributed by atoms with E-state index in [1.54, 1.807) is 6.07 Å². The molecular weight excluding hydrogens is 297 g/mol. The molecule has 0 saturated carbocycles. The Labute approximate surface area is 130 Å². The quantitative estimate of drug-likeness (QED) is 0.867. The van der Waals surface area contributed by atoms with E-state index in [2.05, 4.69) is 19.2 Å². The lowest BCUT2D eigenvalue weighted by Gasteiger charge is -2.31. The van der Waals surface area contributed by atoms with E-state index in [0.717, 1.165) is 30.7 Å². The van der Waals surface area contributed by atoms with Gasteiger partial charge in [0.1, 0.15) is 5.75 Å². The van der Waals surface area contributed by atoms with Crippen molar-refractivity contribution in [3.63, 3.8) is 0 Å². The molecule has 0 aliphatic carbocycles. The summed E-state index contributed by atoms with van der Waals surface area (Å²) in [5.74, 6) is 0.736. The van der Waals surface area contributed by atoms with Gasteiger partial charge in [-0.1, -0.05) is 37.0 Å². The number of hydrogen-bond acceptors (Lipinski definition) is 3. The first-order valence-electron chi connectivity index (χ1n) is 6.89. The Morgan fingerprint density at radius 2 is 2.15 bits per heavy atom. The van der Waals surface area contributed by atoms with Gasteiger partial charge in [-0.25, -0.2) is 0 Å². The van der Waals surface area contributed by atoms with Crippen molar-refractivity contribution in [2.75, 3.05) is 19.8 Å². The summed E-state index contributed by atoms with van der Waals surface area (Å²) in [7, 11) is 0. The van der Waals surface area contributed by atoms with Gasteiger partial charge < -0.3 is 15.2 Å². The number of ether oxygens (including phenoxy) is 1. The van der Waals surface area contributed by atoms with E-state index in [4.69, 9.17) is 33.0 Å². The van der Waals surface area contributed by atoms with E-state index in [1.807, 2.05) is 6.07 Å². The maximum atomic E-state index is 9.09. The van der Waals surface area contributed by atoms with Gasteiger partial charge in [0.15, 0.2) is 0 Å². The van der Waals surface area contributed by atoms with Crippen LogP contribution in [0.5, 0.6) is 5.75 Å². The second kappa shape index (κ2) is 6.52. The predicted octanol–water partition coefficient (Wildman–Crippen LogP) is 3.82. The van der Waals surface area contributed by atoms with E-state index >= 15 is 0 Å². The monoisotopic (exact) mass is 317 g/mol. The summed E-state index contributed by atoms with van der Waals surface area (Å²) in [6.07, 6.45) is 1.66. The fourth-order valence-electron chi connectivity index (χ4n) is 2.43. The normalized spacial score (nSPS) is 18.6. The van der Waals surface area contributed by atoms with Gasteiger partial charge in [-0.3, -0.25) is 0 Å². The summed E-state index contributed by atoms with van der Waals surface area (Å²) >= 11 is 12.3. The van der Waals surface area contributed by atoms with Crippen LogP contribution in [0.2, 0.25) is 10.0 Å². The van der Waals surface area contributed by atoms with Crippen LogP contribution < -0.4 is 10.1 Å². The summed E-state index contributed by atoms with van der Waals surface area (Å²) in [6.45, 7) is 5.95. The SMILES string of the molecule is CC(C)(CCO)CNC1CCOc2c(Cl)cc(Cl)cc21. The van der Waals surface area contributed by atoms with E-state index < -0.39 is 0 Å². The highest BCUT2D eigenvalue weighted by Crippen LogP contribution is 2.40. The Kier molecular flexibility index (Phi) is 5.19. The van der Waals surface area contributed by atoms with Crippen LogP contribution in [0.25, 0.3) is 0 Å². The second-order valence-corrected chi connectivity index (χ2v) is 6.86. The third-order valence-corrected chi connectivity index (χ3v) is 4.18. The van der Waals surface area contributed by atoms with Crippen LogP contribution >= 0.6 is 23.2 Å². The lowest BCUT2D eigenvalue weighted by atomic mass is 9.88. The van der Waals surface area contributed by atoms with Crippen LogP contribution in [0.15, 0.2) is 12.1 Å². The fraction of sp³-hybridized carbons (Fsp3) is 0.600. The third kappa shape index (κ3) is 3.79. The second-order valence-electron chi connectivity index (χ2n) is 6.01. The zero-order valence-electron chi connectivity index (χ0n) is 11.9. The molecule has 1 aromatic carbocycles. The third-order valence-electron chi connectivity index (χ3n) is 3.68. The van der Waals surface area contributed by atoms with Crippen molar-refractivity contribution in [3.05, 3.63) is 27.7 Å². The Bertz CT molecular complexity index is 477. The highest BCUT2D eigenvalue weighted by Gasteiger charge is 2.26. The Hall–Kier alpha value is -0.480. The molecule has 0 aromatic heterocycles. The summed E-state index contributed by atoms with van der Waals surface area (Å²) in [4.78, 5) is 0. The van der Waals surface area contributed by atoms with Gasteiger partial charge in [0.05, 0.1) is 11.6 Å². The van der Waals surface area contributed by atoms with Gasteiger partial charge in [-0.05, 0) is 24.0 Å². The molecule has 20 heavy (non-hydrogen) atoms. The molecule has 1 aromatic rings.